The van der Waals surface area contributed by atoms with E-state index in [1.54, 1.807) is 0 Å². The molecule has 0 heterocycles. The van der Waals surface area contributed by atoms with Crippen LogP contribution in [-0.2, 0) is 9.53 Å². The van der Waals surface area contributed by atoms with Crippen LogP contribution in [0.2, 0.25) is 0 Å². The second-order valence-corrected chi connectivity index (χ2v) is 3.92. The van der Waals surface area contributed by atoms with Gasteiger partial charge < -0.3 is 15.2 Å². The Kier molecular flexibility index (Phi) is 5.60. The summed E-state index contributed by atoms with van der Waals surface area (Å²) < 4.78 is 4.73. The standard InChI is InChI=1S/C12H14N2O6/c1-8(16)7-20-12(17)10-6-9(14(18)19)2-3-11(10)13-4-5-15/h2-3,6,13,15H,4-5,7H2,1H3. The zero-order valence-electron chi connectivity index (χ0n) is 10.8. The third-order valence-corrected chi connectivity index (χ3v) is 2.27. The summed E-state index contributed by atoms with van der Waals surface area (Å²) in [5.74, 6) is -1.18. The van der Waals surface area contributed by atoms with Crippen molar-refractivity contribution in [1.29, 1.82) is 0 Å². The van der Waals surface area contributed by atoms with Gasteiger partial charge in [0.1, 0.15) is 6.61 Å². The van der Waals surface area contributed by atoms with Gasteiger partial charge in [0, 0.05) is 24.4 Å². The number of esters is 1. The molecular weight excluding hydrogens is 268 g/mol. The van der Waals surface area contributed by atoms with Gasteiger partial charge in [0.2, 0.25) is 0 Å². The molecule has 0 fully saturated rings. The highest BCUT2D eigenvalue weighted by atomic mass is 16.6. The molecule has 0 saturated carbocycles. The van der Waals surface area contributed by atoms with Crippen LogP contribution in [0.3, 0.4) is 0 Å². The molecule has 2 N–H and O–H groups in total. The molecule has 0 radical (unpaired) electrons. The van der Waals surface area contributed by atoms with Gasteiger partial charge in [-0.15, -0.1) is 0 Å². The van der Waals surface area contributed by atoms with Gasteiger partial charge in [-0.1, -0.05) is 0 Å². The lowest BCUT2D eigenvalue weighted by molar-refractivity contribution is -0.384. The van der Waals surface area contributed by atoms with Crippen LogP contribution in [0.15, 0.2) is 18.2 Å². The minimum Gasteiger partial charge on any atom is -0.454 e. The van der Waals surface area contributed by atoms with Crippen LogP contribution < -0.4 is 5.32 Å². The van der Waals surface area contributed by atoms with Crippen molar-refractivity contribution in [2.45, 2.75) is 6.92 Å². The Bertz CT molecular complexity index is 529. The van der Waals surface area contributed by atoms with Gasteiger partial charge in [0.25, 0.3) is 5.69 Å². The van der Waals surface area contributed by atoms with Gasteiger partial charge in [-0.2, -0.15) is 0 Å². The van der Waals surface area contributed by atoms with Gasteiger partial charge in [0.05, 0.1) is 17.1 Å². The quantitative estimate of drug-likeness (QED) is 0.430. The Labute approximate surface area is 114 Å². The van der Waals surface area contributed by atoms with Crippen LogP contribution in [0.4, 0.5) is 11.4 Å². The molecule has 1 rings (SSSR count). The number of hydrogen-bond acceptors (Lipinski definition) is 7. The maximum Gasteiger partial charge on any atom is 0.340 e. The van der Waals surface area contributed by atoms with Crippen molar-refractivity contribution in [2.75, 3.05) is 25.1 Å². The minimum absolute atomic E-state index is 0.0612. The number of nitro benzene ring substituents is 1. The number of nitro groups is 1. The molecule has 8 nitrogen and oxygen atoms in total. The Morgan fingerprint density at radius 1 is 1.45 bits per heavy atom. The highest BCUT2D eigenvalue weighted by molar-refractivity contribution is 5.97. The number of hydrogen-bond donors (Lipinski definition) is 2. The van der Waals surface area contributed by atoms with E-state index in [1.807, 2.05) is 0 Å². The number of aliphatic hydroxyl groups excluding tert-OH is 1. The summed E-state index contributed by atoms with van der Waals surface area (Å²) in [5.41, 5.74) is -0.0403. The molecule has 0 saturated heterocycles. The number of nitrogens with zero attached hydrogens (tertiary/aromatic N) is 1. The SMILES string of the molecule is CC(=O)COC(=O)c1cc([N+](=O)[O-])ccc1NCCO. The first-order valence-corrected chi connectivity index (χ1v) is 5.75. The third kappa shape index (κ3) is 4.32. The number of Topliss-reactive ketones (excluding diaryl/α,β-unsaturated/α-hetero) is 1. The molecule has 0 unspecified atom stereocenters. The van der Waals surface area contributed by atoms with Crippen molar-refractivity contribution in [3.63, 3.8) is 0 Å². The van der Waals surface area contributed by atoms with Gasteiger partial charge in [0.15, 0.2) is 5.78 Å². The van der Waals surface area contributed by atoms with Crippen LogP contribution in [0, 0.1) is 10.1 Å². The highest BCUT2D eigenvalue weighted by Gasteiger charge is 2.18. The molecule has 0 bridgehead atoms. The zero-order chi connectivity index (χ0) is 15.1. The van der Waals surface area contributed by atoms with Crippen molar-refractivity contribution in [3.8, 4) is 0 Å². The van der Waals surface area contributed by atoms with E-state index in [0.717, 1.165) is 6.07 Å². The first kappa shape index (κ1) is 15.6. The summed E-state index contributed by atoms with van der Waals surface area (Å²) in [6.07, 6.45) is 0. The van der Waals surface area contributed by atoms with E-state index in [-0.39, 0.29) is 30.2 Å². The number of ketones is 1. The largest absolute Gasteiger partial charge is 0.454 e. The fraction of sp³-hybridized carbons (Fsp3) is 0.333. The van der Waals surface area contributed by atoms with E-state index in [9.17, 15) is 19.7 Å². The fourth-order valence-electron chi connectivity index (χ4n) is 1.40. The second kappa shape index (κ2) is 7.19. The molecule has 0 atom stereocenters. The van der Waals surface area contributed by atoms with E-state index in [2.05, 4.69) is 5.32 Å². The lowest BCUT2D eigenvalue weighted by atomic mass is 10.1. The first-order valence-electron chi connectivity index (χ1n) is 5.75. The average molecular weight is 282 g/mol. The van der Waals surface area contributed by atoms with Crippen molar-refractivity contribution in [3.05, 3.63) is 33.9 Å². The van der Waals surface area contributed by atoms with Crippen molar-refractivity contribution >= 4 is 23.1 Å². The van der Waals surface area contributed by atoms with Crippen molar-refractivity contribution < 1.29 is 24.4 Å². The molecule has 0 spiro atoms. The number of nitrogens with one attached hydrogen (secondary N) is 1. The van der Waals surface area contributed by atoms with Crippen LogP contribution in [-0.4, -0.2) is 41.5 Å². The summed E-state index contributed by atoms with van der Waals surface area (Å²) in [4.78, 5) is 32.7. The predicted octanol–water partition coefficient (Wildman–Crippen LogP) is 0.745. The van der Waals surface area contributed by atoms with Gasteiger partial charge in [-0.25, -0.2) is 4.79 Å². The highest BCUT2D eigenvalue weighted by Crippen LogP contribution is 2.23. The topological polar surface area (TPSA) is 119 Å². The molecule has 0 aliphatic carbocycles. The summed E-state index contributed by atoms with van der Waals surface area (Å²) in [6.45, 7) is 0.857. The van der Waals surface area contributed by atoms with Gasteiger partial charge in [-0.05, 0) is 13.0 Å². The maximum atomic E-state index is 11.8. The van der Waals surface area contributed by atoms with Crippen molar-refractivity contribution in [1.82, 2.24) is 0 Å². The van der Waals surface area contributed by atoms with E-state index < -0.39 is 17.5 Å². The number of benzene rings is 1. The molecule has 1 aromatic carbocycles. The lowest BCUT2D eigenvalue weighted by Gasteiger charge is -2.10. The van der Waals surface area contributed by atoms with Crippen LogP contribution >= 0.6 is 0 Å². The predicted molar refractivity (Wildman–Crippen MR) is 69.6 cm³/mol. The van der Waals surface area contributed by atoms with E-state index >= 15 is 0 Å². The summed E-state index contributed by atoms with van der Waals surface area (Å²) in [5, 5.41) is 22.2. The Balaban J connectivity index is 3.03. The molecule has 0 amide bonds. The molecule has 20 heavy (non-hydrogen) atoms. The molecule has 108 valence electrons. The number of carbonyl (C=O) groups is 2. The number of rotatable bonds is 7. The van der Waals surface area contributed by atoms with Gasteiger partial charge >= 0.3 is 5.97 Å². The van der Waals surface area contributed by atoms with E-state index in [1.165, 1.54) is 19.1 Å². The number of carbonyl (C=O) groups excluding carboxylic acids is 2. The average Bonchev–Trinajstić information content (AvgIpc) is 2.42. The smallest absolute Gasteiger partial charge is 0.340 e. The fourth-order valence-corrected chi connectivity index (χ4v) is 1.40. The van der Waals surface area contributed by atoms with E-state index in [4.69, 9.17) is 9.84 Å². The summed E-state index contributed by atoms with van der Waals surface area (Å²) in [7, 11) is 0. The monoisotopic (exact) mass is 282 g/mol. The zero-order valence-corrected chi connectivity index (χ0v) is 10.8. The molecule has 0 aromatic heterocycles. The summed E-state index contributed by atoms with van der Waals surface area (Å²) in [6, 6.07) is 3.63. The summed E-state index contributed by atoms with van der Waals surface area (Å²) >= 11 is 0. The molecule has 0 aliphatic rings. The molecular formula is C12H14N2O6. The molecule has 8 heteroatoms. The number of anilines is 1. The van der Waals surface area contributed by atoms with Gasteiger partial charge in [-0.3, -0.25) is 14.9 Å². The molecule has 1 aromatic rings. The third-order valence-electron chi connectivity index (χ3n) is 2.27. The Hall–Kier alpha value is -2.48. The van der Waals surface area contributed by atoms with E-state index in [0.29, 0.717) is 5.69 Å². The minimum atomic E-state index is -0.843. The normalized spacial score (nSPS) is 9.90. The van der Waals surface area contributed by atoms with Crippen molar-refractivity contribution in [2.24, 2.45) is 0 Å². The van der Waals surface area contributed by atoms with Crippen LogP contribution in [0.1, 0.15) is 17.3 Å². The Morgan fingerprint density at radius 3 is 2.70 bits per heavy atom. The number of non-ortho nitro benzene ring substituents is 1. The van der Waals surface area contributed by atoms with Crippen LogP contribution in [0.25, 0.3) is 0 Å². The molecule has 0 aliphatic heterocycles. The first-order chi connectivity index (χ1) is 9.45. The van der Waals surface area contributed by atoms with Crippen LogP contribution in [0.5, 0.6) is 0 Å². The maximum absolute atomic E-state index is 11.8. The second-order valence-electron chi connectivity index (χ2n) is 3.92. The number of aliphatic hydroxyl groups is 1. The Morgan fingerprint density at radius 2 is 2.15 bits per heavy atom. The lowest BCUT2D eigenvalue weighted by Crippen LogP contribution is -2.15. The number of ether oxygens (including phenoxy) is 1.